The molecule has 0 nitrogen and oxygen atoms in total. The Morgan fingerprint density at radius 1 is 1.60 bits per heavy atom. The van der Waals surface area contributed by atoms with Gasteiger partial charge in [-0.3, -0.25) is 0 Å². The van der Waals surface area contributed by atoms with Gasteiger partial charge in [-0.1, -0.05) is 45.1 Å². The van der Waals surface area contributed by atoms with Crippen molar-refractivity contribution in [2.45, 2.75) is 27.2 Å². The normalized spacial score (nSPS) is 30.7. The van der Waals surface area contributed by atoms with E-state index in [2.05, 4.69) is 39.5 Å². The highest BCUT2D eigenvalue weighted by Gasteiger charge is 2.25. The Morgan fingerprint density at radius 2 is 2.20 bits per heavy atom. The Morgan fingerprint density at radius 3 is 2.60 bits per heavy atom. The summed E-state index contributed by atoms with van der Waals surface area (Å²) in [6.07, 6.45) is 5.66. The van der Waals surface area contributed by atoms with E-state index < -0.39 is 0 Å². The molecular weight excluding hydrogens is 120 g/mol. The first-order chi connectivity index (χ1) is 4.54. The number of rotatable bonds is 0. The third-order valence-corrected chi connectivity index (χ3v) is 2.47. The summed E-state index contributed by atoms with van der Waals surface area (Å²) < 4.78 is 0. The maximum absolute atomic E-state index is 4.10. The van der Waals surface area contributed by atoms with Crippen molar-refractivity contribution in [2.75, 3.05) is 0 Å². The van der Waals surface area contributed by atoms with Crippen LogP contribution in [-0.4, -0.2) is 0 Å². The second-order valence-electron chi connectivity index (χ2n) is 3.83. The average Bonchev–Trinajstić information content (AvgIpc) is 1.83. The van der Waals surface area contributed by atoms with Gasteiger partial charge in [0.15, 0.2) is 0 Å². The minimum absolute atomic E-state index is 0.328. The molecule has 1 atom stereocenters. The molecule has 0 aromatic heterocycles. The van der Waals surface area contributed by atoms with E-state index in [-0.39, 0.29) is 0 Å². The molecular formula is C10H16. The molecule has 1 rings (SSSR count). The van der Waals surface area contributed by atoms with Crippen molar-refractivity contribution >= 4 is 0 Å². The third kappa shape index (κ3) is 1.16. The molecule has 0 radical (unpaired) electrons. The summed E-state index contributed by atoms with van der Waals surface area (Å²) >= 11 is 0. The summed E-state index contributed by atoms with van der Waals surface area (Å²) in [7, 11) is 0. The summed E-state index contributed by atoms with van der Waals surface area (Å²) in [4.78, 5) is 0. The smallest absolute Gasteiger partial charge is 0.00489 e. The van der Waals surface area contributed by atoms with Crippen LogP contribution in [-0.2, 0) is 0 Å². The molecule has 0 bridgehead atoms. The highest BCUT2D eigenvalue weighted by Crippen LogP contribution is 2.38. The second-order valence-corrected chi connectivity index (χ2v) is 3.83. The van der Waals surface area contributed by atoms with Crippen molar-refractivity contribution in [3.05, 3.63) is 24.3 Å². The van der Waals surface area contributed by atoms with E-state index in [1.54, 1.807) is 0 Å². The van der Waals surface area contributed by atoms with Crippen LogP contribution in [0.2, 0.25) is 0 Å². The molecule has 0 aliphatic heterocycles. The van der Waals surface area contributed by atoms with Crippen LogP contribution in [0.25, 0.3) is 0 Å². The lowest BCUT2D eigenvalue weighted by atomic mass is 9.73. The lowest BCUT2D eigenvalue weighted by Gasteiger charge is -2.32. The number of allylic oxidation sites excluding steroid dienone is 3. The van der Waals surface area contributed by atoms with Crippen molar-refractivity contribution in [1.82, 2.24) is 0 Å². The van der Waals surface area contributed by atoms with Crippen LogP contribution in [0.1, 0.15) is 27.2 Å². The van der Waals surface area contributed by atoms with E-state index in [9.17, 15) is 0 Å². The van der Waals surface area contributed by atoms with Gasteiger partial charge in [0.1, 0.15) is 0 Å². The van der Waals surface area contributed by atoms with Crippen molar-refractivity contribution in [2.24, 2.45) is 11.3 Å². The molecule has 0 heteroatoms. The van der Waals surface area contributed by atoms with Gasteiger partial charge in [-0.2, -0.15) is 0 Å². The fourth-order valence-corrected chi connectivity index (χ4v) is 1.43. The molecule has 0 amide bonds. The zero-order chi connectivity index (χ0) is 7.78. The van der Waals surface area contributed by atoms with Crippen molar-refractivity contribution in [1.29, 1.82) is 0 Å². The molecule has 0 saturated carbocycles. The van der Waals surface area contributed by atoms with Gasteiger partial charge in [-0.25, -0.2) is 0 Å². The summed E-state index contributed by atoms with van der Waals surface area (Å²) in [6, 6.07) is 0. The Kier molecular flexibility index (Phi) is 1.72. The fraction of sp³-hybridized carbons (Fsp3) is 0.600. The highest BCUT2D eigenvalue weighted by atomic mass is 14.3. The third-order valence-electron chi connectivity index (χ3n) is 2.47. The standard InChI is InChI=1S/C10H16/c1-8-6-5-7-10(3,4)9(8)2/h5-6,8H,2,7H2,1,3-4H3. The van der Waals surface area contributed by atoms with Crippen molar-refractivity contribution < 1.29 is 0 Å². The summed E-state index contributed by atoms with van der Waals surface area (Å²) in [5.74, 6) is 0.573. The minimum atomic E-state index is 0.328. The van der Waals surface area contributed by atoms with Gasteiger partial charge in [-0.15, -0.1) is 0 Å². The Hall–Kier alpha value is -0.520. The first-order valence-corrected chi connectivity index (χ1v) is 3.90. The molecule has 0 fully saturated rings. The largest absolute Gasteiger partial charge is 0.0987 e. The minimum Gasteiger partial charge on any atom is -0.0987 e. The maximum atomic E-state index is 4.10. The van der Waals surface area contributed by atoms with Crippen LogP contribution < -0.4 is 0 Å². The lowest BCUT2D eigenvalue weighted by Crippen LogP contribution is -2.20. The first-order valence-electron chi connectivity index (χ1n) is 3.90. The Bertz CT molecular complexity index is 172. The predicted octanol–water partition coefficient (Wildman–Crippen LogP) is 3.16. The molecule has 10 heavy (non-hydrogen) atoms. The van der Waals surface area contributed by atoms with Gasteiger partial charge in [0.25, 0.3) is 0 Å². The average molecular weight is 136 g/mol. The quantitative estimate of drug-likeness (QED) is 0.449. The maximum Gasteiger partial charge on any atom is -0.00489 e. The first kappa shape index (κ1) is 7.59. The van der Waals surface area contributed by atoms with Gasteiger partial charge < -0.3 is 0 Å². The van der Waals surface area contributed by atoms with E-state index in [4.69, 9.17) is 0 Å². The number of hydrogen-bond donors (Lipinski definition) is 0. The molecule has 0 saturated heterocycles. The van der Waals surface area contributed by atoms with Crippen molar-refractivity contribution in [3.8, 4) is 0 Å². The zero-order valence-corrected chi connectivity index (χ0v) is 7.15. The van der Waals surface area contributed by atoms with E-state index >= 15 is 0 Å². The Labute approximate surface area is 63.6 Å². The van der Waals surface area contributed by atoms with Gasteiger partial charge in [-0.05, 0) is 17.8 Å². The van der Waals surface area contributed by atoms with Gasteiger partial charge >= 0.3 is 0 Å². The molecule has 1 aliphatic carbocycles. The van der Waals surface area contributed by atoms with Crippen LogP contribution >= 0.6 is 0 Å². The fourth-order valence-electron chi connectivity index (χ4n) is 1.43. The van der Waals surface area contributed by atoms with Gasteiger partial charge in [0.2, 0.25) is 0 Å². The highest BCUT2D eigenvalue weighted by molar-refractivity contribution is 5.21. The van der Waals surface area contributed by atoms with Crippen LogP contribution in [0.3, 0.4) is 0 Å². The second kappa shape index (κ2) is 2.26. The molecule has 56 valence electrons. The van der Waals surface area contributed by atoms with Crippen molar-refractivity contribution in [3.63, 3.8) is 0 Å². The lowest BCUT2D eigenvalue weighted by molar-refractivity contribution is 0.406. The summed E-state index contributed by atoms with van der Waals surface area (Å²) in [5.41, 5.74) is 1.70. The molecule has 0 heterocycles. The van der Waals surface area contributed by atoms with Crippen LogP contribution in [0, 0.1) is 11.3 Å². The van der Waals surface area contributed by atoms with E-state index in [0.717, 1.165) is 6.42 Å². The summed E-state index contributed by atoms with van der Waals surface area (Å²) in [5, 5.41) is 0. The van der Waals surface area contributed by atoms with E-state index in [1.807, 2.05) is 0 Å². The van der Waals surface area contributed by atoms with E-state index in [0.29, 0.717) is 11.3 Å². The molecule has 0 spiro atoms. The SMILES string of the molecule is C=C1C(C)C=CCC1(C)C. The monoisotopic (exact) mass is 136 g/mol. The van der Waals surface area contributed by atoms with Crippen LogP contribution in [0.5, 0.6) is 0 Å². The van der Waals surface area contributed by atoms with Gasteiger partial charge in [0.05, 0.1) is 0 Å². The van der Waals surface area contributed by atoms with Crippen LogP contribution in [0.4, 0.5) is 0 Å². The molecule has 0 N–H and O–H groups in total. The predicted molar refractivity (Wildman–Crippen MR) is 45.8 cm³/mol. The topological polar surface area (TPSA) is 0 Å². The molecule has 1 aliphatic rings. The molecule has 1 unspecified atom stereocenters. The zero-order valence-electron chi connectivity index (χ0n) is 7.15. The summed E-state index contributed by atoms with van der Waals surface area (Å²) in [6.45, 7) is 10.8. The molecule has 0 aromatic rings. The Balaban J connectivity index is 2.85. The van der Waals surface area contributed by atoms with Gasteiger partial charge in [0, 0.05) is 0 Å². The van der Waals surface area contributed by atoms with Crippen LogP contribution in [0.15, 0.2) is 24.3 Å². The number of hydrogen-bond acceptors (Lipinski definition) is 0. The molecule has 0 aromatic carbocycles. The van der Waals surface area contributed by atoms with E-state index in [1.165, 1.54) is 5.57 Å².